The van der Waals surface area contributed by atoms with Crippen LogP contribution in [0.25, 0.3) is 21.8 Å². The van der Waals surface area contributed by atoms with E-state index in [1.165, 1.54) is 11.3 Å². The molecule has 0 spiro atoms. The van der Waals surface area contributed by atoms with Gasteiger partial charge in [-0.1, -0.05) is 64.9 Å². The van der Waals surface area contributed by atoms with E-state index in [2.05, 4.69) is 4.98 Å². The minimum absolute atomic E-state index is 0.571. The third kappa shape index (κ3) is 2.66. The van der Waals surface area contributed by atoms with Crippen LogP contribution in [0.3, 0.4) is 0 Å². The van der Waals surface area contributed by atoms with Gasteiger partial charge in [-0.25, -0.2) is 4.98 Å². The van der Waals surface area contributed by atoms with E-state index in [-0.39, 0.29) is 0 Å². The average molecular weight is 321 g/mol. The largest absolute Gasteiger partial charge is 0.389 e. The third-order valence-corrected chi connectivity index (χ3v) is 4.18. The maximum absolute atomic E-state index is 6.08. The molecule has 2 aromatic carbocycles. The molecule has 2 nitrogen and oxygen atoms in total. The molecule has 1 aromatic heterocycles. The van der Waals surface area contributed by atoms with Crippen LogP contribution in [0.15, 0.2) is 48.5 Å². The molecule has 0 bridgehead atoms. The van der Waals surface area contributed by atoms with Gasteiger partial charge < -0.3 is 5.73 Å². The van der Waals surface area contributed by atoms with Crippen LogP contribution in [0.1, 0.15) is 0 Å². The van der Waals surface area contributed by atoms with E-state index in [9.17, 15) is 0 Å². The van der Waals surface area contributed by atoms with Crippen LogP contribution in [0, 0.1) is 0 Å². The fourth-order valence-corrected chi connectivity index (χ4v) is 3.32. The Morgan fingerprint density at radius 1 is 0.900 bits per heavy atom. The molecular weight excluding hydrogens is 311 g/mol. The number of benzene rings is 2. The van der Waals surface area contributed by atoms with Crippen LogP contribution in [0.5, 0.6) is 0 Å². The smallest absolute Gasteiger partial charge is 0.126 e. The Bertz CT molecular complexity index is 734. The van der Waals surface area contributed by atoms with Crippen molar-refractivity contribution in [3.8, 4) is 21.8 Å². The van der Waals surface area contributed by atoms with Gasteiger partial charge in [0.2, 0.25) is 0 Å². The summed E-state index contributed by atoms with van der Waals surface area (Å²) in [5.41, 5.74) is 8.68. The lowest BCUT2D eigenvalue weighted by Crippen LogP contribution is -1.86. The van der Waals surface area contributed by atoms with Gasteiger partial charge in [0.1, 0.15) is 15.7 Å². The van der Waals surface area contributed by atoms with Gasteiger partial charge in [-0.15, -0.1) is 0 Å². The van der Waals surface area contributed by atoms with Crippen molar-refractivity contribution < 1.29 is 0 Å². The Morgan fingerprint density at radius 2 is 1.55 bits per heavy atom. The fourth-order valence-electron chi connectivity index (χ4n) is 1.93. The monoisotopic (exact) mass is 320 g/mol. The number of aromatic nitrogens is 1. The first-order valence-electron chi connectivity index (χ1n) is 5.91. The normalized spacial score (nSPS) is 10.7. The third-order valence-electron chi connectivity index (χ3n) is 2.81. The van der Waals surface area contributed by atoms with E-state index < -0.39 is 0 Å². The molecule has 1 heterocycles. The molecule has 0 fully saturated rings. The molecule has 0 aliphatic rings. The molecule has 0 atom stereocenters. The SMILES string of the molecule is Nc1sc(-c2ccccc2)nc1-c1cc(Cl)cc(Cl)c1. The molecule has 3 rings (SSSR count). The van der Waals surface area contributed by atoms with Crippen molar-refractivity contribution in [2.45, 2.75) is 0 Å². The molecule has 0 saturated heterocycles. The number of halogens is 2. The van der Waals surface area contributed by atoms with Gasteiger partial charge in [0.15, 0.2) is 0 Å². The summed E-state index contributed by atoms with van der Waals surface area (Å²) < 4.78 is 0. The highest BCUT2D eigenvalue weighted by Gasteiger charge is 2.13. The van der Waals surface area contributed by atoms with E-state index in [0.717, 1.165) is 21.8 Å². The van der Waals surface area contributed by atoms with E-state index in [4.69, 9.17) is 28.9 Å². The summed E-state index contributed by atoms with van der Waals surface area (Å²) >= 11 is 13.5. The van der Waals surface area contributed by atoms with Crippen molar-refractivity contribution in [3.05, 3.63) is 58.6 Å². The highest BCUT2D eigenvalue weighted by Crippen LogP contribution is 2.37. The molecule has 0 aliphatic heterocycles. The summed E-state index contributed by atoms with van der Waals surface area (Å²) in [7, 11) is 0. The second kappa shape index (κ2) is 5.44. The van der Waals surface area contributed by atoms with Crippen LogP contribution in [-0.2, 0) is 0 Å². The topological polar surface area (TPSA) is 38.9 Å². The molecule has 0 saturated carbocycles. The number of thiazole rings is 1. The lowest BCUT2D eigenvalue weighted by molar-refractivity contribution is 1.40. The molecule has 0 amide bonds. The maximum atomic E-state index is 6.08. The number of nitrogens with zero attached hydrogens (tertiary/aromatic N) is 1. The van der Waals surface area contributed by atoms with Crippen molar-refractivity contribution in [2.75, 3.05) is 5.73 Å². The van der Waals surface area contributed by atoms with E-state index >= 15 is 0 Å². The molecule has 3 aromatic rings. The van der Waals surface area contributed by atoms with Gasteiger partial charge in [-0.2, -0.15) is 0 Å². The highest BCUT2D eigenvalue weighted by molar-refractivity contribution is 7.19. The summed E-state index contributed by atoms with van der Waals surface area (Å²) in [6.07, 6.45) is 0. The number of anilines is 1. The van der Waals surface area contributed by atoms with Crippen LogP contribution in [0.4, 0.5) is 5.00 Å². The van der Waals surface area contributed by atoms with Crippen molar-refractivity contribution in [1.82, 2.24) is 4.98 Å². The number of nitrogen functional groups attached to an aromatic ring is 1. The van der Waals surface area contributed by atoms with Crippen LogP contribution >= 0.6 is 34.5 Å². The first kappa shape index (κ1) is 13.4. The minimum atomic E-state index is 0.571. The van der Waals surface area contributed by atoms with Gasteiger partial charge in [0.25, 0.3) is 0 Å². The predicted octanol–water partition coefficient (Wildman–Crippen LogP) is 5.37. The molecule has 100 valence electrons. The van der Waals surface area contributed by atoms with Crippen LogP contribution in [0.2, 0.25) is 10.0 Å². The molecular formula is C15H10Cl2N2S. The van der Waals surface area contributed by atoms with E-state index in [0.29, 0.717) is 15.0 Å². The number of hydrogen-bond donors (Lipinski definition) is 1. The summed E-state index contributed by atoms with van der Waals surface area (Å²) in [5.74, 6) is 0. The fraction of sp³-hybridized carbons (Fsp3) is 0. The highest BCUT2D eigenvalue weighted by atomic mass is 35.5. The summed E-state index contributed by atoms with van der Waals surface area (Å²) in [5, 5.41) is 2.68. The zero-order chi connectivity index (χ0) is 14.1. The summed E-state index contributed by atoms with van der Waals surface area (Å²) in [6, 6.07) is 15.2. The first-order chi connectivity index (χ1) is 9.63. The molecule has 2 N–H and O–H groups in total. The van der Waals surface area contributed by atoms with Gasteiger partial charge >= 0.3 is 0 Å². The molecule has 5 heteroatoms. The van der Waals surface area contributed by atoms with Crippen molar-refractivity contribution in [3.63, 3.8) is 0 Å². The average Bonchev–Trinajstić information content (AvgIpc) is 2.81. The predicted molar refractivity (Wildman–Crippen MR) is 87.4 cm³/mol. The zero-order valence-electron chi connectivity index (χ0n) is 10.3. The number of hydrogen-bond acceptors (Lipinski definition) is 3. The van der Waals surface area contributed by atoms with Gasteiger partial charge in [0.05, 0.1) is 0 Å². The van der Waals surface area contributed by atoms with Gasteiger partial charge in [0, 0.05) is 21.2 Å². The van der Waals surface area contributed by atoms with Crippen molar-refractivity contribution in [2.24, 2.45) is 0 Å². The van der Waals surface area contributed by atoms with Crippen LogP contribution in [-0.4, -0.2) is 4.98 Å². The summed E-state index contributed by atoms with van der Waals surface area (Å²) in [6.45, 7) is 0. The summed E-state index contributed by atoms with van der Waals surface area (Å²) in [4.78, 5) is 4.61. The van der Waals surface area contributed by atoms with Gasteiger partial charge in [-0.3, -0.25) is 0 Å². The van der Waals surface area contributed by atoms with E-state index in [1.54, 1.807) is 6.07 Å². The molecule has 0 aliphatic carbocycles. The number of rotatable bonds is 2. The quantitative estimate of drug-likeness (QED) is 0.689. The second-order valence-electron chi connectivity index (χ2n) is 4.26. The Hall–Kier alpha value is -1.55. The van der Waals surface area contributed by atoms with Crippen molar-refractivity contribution in [1.29, 1.82) is 0 Å². The first-order valence-corrected chi connectivity index (χ1v) is 7.49. The van der Waals surface area contributed by atoms with E-state index in [1.807, 2.05) is 42.5 Å². The number of nitrogens with two attached hydrogens (primary N) is 1. The molecule has 20 heavy (non-hydrogen) atoms. The lowest BCUT2D eigenvalue weighted by Gasteiger charge is -2.01. The zero-order valence-corrected chi connectivity index (χ0v) is 12.6. The Balaban J connectivity index is 2.09. The van der Waals surface area contributed by atoms with Crippen LogP contribution < -0.4 is 5.73 Å². The Labute approximate surface area is 130 Å². The van der Waals surface area contributed by atoms with Gasteiger partial charge in [-0.05, 0) is 18.2 Å². The Morgan fingerprint density at radius 3 is 2.20 bits per heavy atom. The maximum Gasteiger partial charge on any atom is 0.126 e. The molecule has 0 unspecified atom stereocenters. The standard InChI is InChI=1S/C15H10Cl2N2S/c16-11-6-10(7-12(17)8-11)13-14(18)20-15(19-13)9-4-2-1-3-5-9/h1-8H,18H2. The Kier molecular flexibility index (Phi) is 3.66. The second-order valence-corrected chi connectivity index (χ2v) is 6.16. The minimum Gasteiger partial charge on any atom is -0.389 e. The molecule has 0 radical (unpaired) electrons. The van der Waals surface area contributed by atoms with Crippen molar-refractivity contribution >= 4 is 39.5 Å². The lowest BCUT2D eigenvalue weighted by atomic mass is 10.1.